The Morgan fingerprint density at radius 2 is 1.33 bits per heavy atom. The second-order valence-corrected chi connectivity index (χ2v) is 5.59. The molecule has 10 heteroatoms. The summed E-state index contributed by atoms with van der Waals surface area (Å²) in [6.45, 7) is 0.388. The molecule has 140 valence electrons. The van der Waals surface area contributed by atoms with E-state index in [2.05, 4.69) is 5.32 Å². The van der Waals surface area contributed by atoms with Crippen LogP contribution in [0, 0.1) is 20.2 Å². The minimum atomic E-state index is -0.555. The van der Waals surface area contributed by atoms with Crippen LogP contribution in [0.4, 0.5) is 11.4 Å². The largest absolute Gasteiger partial charge is 0.350 e. The number of carbonyl (C=O) groups is 2. The van der Waals surface area contributed by atoms with Crippen LogP contribution in [0.5, 0.6) is 0 Å². The molecule has 2 aromatic carbocycles. The van der Waals surface area contributed by atoms with Crippen LogP contribution in [0.2, 0.25) is 0 Å². The quantitative estimate of drug-likeness (QED) is 0.583. The van der Waals surface area contributed by atoms with Gasteiger partial charge in [-0.3, -0.25) is 29.8 Å². The Hall–Kier alpha value is -3.82. The van der Waals surface area contributed by atoms with Gasteiger partial charge < -0.3 is 10.2 Å². The van der Waals surface area contributed by atoms with Crippen molar-refractivity contribution in [2.75, 3.05) is 20.1 Å². The second-order valence-electron chi connectivity index (χ2n) is 5.59. The van der Waals surface area contributed by atoms with Crippen LogP contribution in [0.3, 0.4) is 0 Å². The van der Waals surface area contributed by atoms with Gasteiger partial charge in [-0.2, -0.15) is 0 Å². The van der Waals surface area contributed by atoms with E-state index in [4.69, 9.17) is 0 Å². The lowest BCUT2D eigenvalue weighted by Crippen LogP contribution is -2.36. The molecule has 10 nitrogen and oxygen atoms in total. The summed E-state index contributed by atoms with van der Waals surface area (Å²) < 4.78 is 0. The number of nitrogens with one attached hydrogen (secondary N) is 1. The molecule has 0 spiro atoms. The Kier molecular flexibility index (Phi) is 6.15. The summed E-state index contributed by atoms with van der Waals surface area (Å²) in [7, 11) is 1.54. The van der Waals surface area contributed by atoms with Crippen molar-refractivity contribution in [3.8, 4) is 0 Å². The minimum Gasteiger partial charge on any atom is -0.350 e. The van der Waals surface area contributed by atoms with E-state index in [0.29, 0.717) is 5.56 Å². The molecule has 2 aromatic rings. The van der Waals surface area contributed by atoms with Crippen molar-refractivity contribution in [2.24, 2.45) is 0 Å². The number of non-ortho nitro benzene ring substituents is 2. The predicted molar refractivity (Wildman–Crippen MR) is 95.5 cm³/mol. The van der Waals surface area contributed by atoms with E-state index < -0.39 is 15.8 Å². The van der Waals surface area contributed by atoms with Gasteiger partial charge in [0.1, 0.15) is 0 Å². The highest BCUT2D eigenvalue weighted by Gasteiger charge is 2.14. The first-order chi connectivity index (χ1) is 12.8. The number of nitro benzene ring substituents is 2. The molecular formula is C17H16N4O6. The molecule has 0 aliphatic carbocycles. The number of hydrogen-bond acceptors (Lipinski definition) is 6. The first-order valence-corrected chi connectivity index (χ1v) is 7.82. The fourth-order valence-corrected chi connectivity index (χ4v) is 2.22. The van der Waals surface area contributed by atoms with Crippen molar-refractivity contribution >= 4 is 23.2 Å². The van der Waals surface area contributed by atoms with Crippen LogP contribution in [-0.2, 0) is 0 Å². The van der Waals surface area contributed by atoms with Crippen molar-refractivity contribution < 1.29 is 19.4 Å². The first kappa shape index (κ1) is 19.5. The maximum atomic E-state index is 12.3. The van der Waals surface area contributed by atoms with Gasteiger partial charge >= 0.3 is 0 Å². The molecule has 0 heterocycles. The van der Waals surface area contributed by atoms with Gasteiger partial charge in [-0.1, -0.05) is 0 Å². The number of rotatable bonds is 7. The number of carbonyl (C=O) groups excluding carboxylic acids is 2. The van der Waals surface area contributed by atoms with Crippen LogP contribution in [0.25, 0.3) is 0 Å². The van der Waals surface area contributed by atoms with E-state index >= 15 is 0 Å². The van der Waals surface area contributed by atoms with Gasteiger partial charge in [-0.05, 0) is 24.3 Å². The summed E-state index contributed by atoms with van der Waals surface area (Å²) in [5.74, 6) is -0.754. The van der Waals surface area contributed by atoms with Crippen LogP contribution >= 0.6 is 0 Å². The highest BCUT2D eigenvalue weighted by Crippen LogP contribution is 2.13. The number of hydrogen-bond donors (Lipinski definition) is 1. The van der Waals surface area contributed by atoms with Gasteiger partial charge in [-0.15, -0.1) is 0 Å². The third kappa shape index (κ3) is 5.08. The fraction of sp³-hybridized carbons (Fsp3) is 0.176. The molecule has 0 aromatic heterocycles. The lowest BCUT2D eigenvalue weighted by molar-refractivity contribution is -0.385. The first-order valence-electron chi connectivity index (χ1n) is 7.82. The van der Waals surface area contributed by atoms with Crippen molar-refractivity contribution in [1.82, 2.24) is 10.2 Å². The SMILES string of the molecule is CN(CCNC(=O)c1ccc([N+](=O)[O-])cc1)C(=O)c1ccc([N+](=O)[O-])cc1. The highest BCUT2D eigenvalue weighted by atomic mass is 16.6. The van der Waals surface area contributed by atoms with Gasteiger partial charge in [0.05, 0.1) is 9.85 Å². The molecule has 27 heavy (non-hydrogen) atoms. The summed E-state index contributed by atoms with van der Waals surface area (Å²) in [6.07, 6.45) is 0. The standard InChI is InChI=1S/C17H16N4O6/c1-19(17(23)13-4-8-15(9-5-13)21(26)27)11-10-18-16(22)12-2-6-14(7-3-12)20(24)25/h2-9H,10-11H2,1H3,(H,18,22). The molecule has 0 aliphatic heterocycles. The lowest BCUT2D eigenvalue weighted by atomic mass is 10.2. The van der Waals surface area contributed by atoms with Crippen LogP contribution in [-0.4, -0.2) is 46.7 Å². The zero-order valence-electron chi connectivity index (χ0n) is 14.3. The Morgan fingerprint density at radius 1 is 0.889 bits per heavy atom. The lowest BCUT2D eigenvalue weighted by Gasteiger charge is -2.17. The number of nitro groups is 2. The summed E-state index contributed by atoms with van der Waals surface area (Å²) in [6, 6.07) is 10.4. The molecule has 0 radical (unpaired) electrons. The van der Waals surface area contributed by atoms with E-state index in [1.165, 1.54) is 53.4 Å². The molecule has 0 saturated heterocycles. The van der Waals surface area contributed by atoms with Gasteiger partial charge in [0.2, 0.25) is 0 Å². The average Bonchev–Trinajstić information content (AvgIpc) is 2.67. The van der Waals surface area contributed by atoms with Gasteiger partial charge in [-0.25, -0.2) is 0 Å². The Bertz CT molecular complexity index is 864. The molecule has 0 bridgehead atoms. The number of nitrogens with zero attached hydrogens (tertiary/aromatic N) is 3. The third-order valence-corrected chi connectivity index (χ3v) is 3.74. The molecule has 0 unspecified atom stereocenters. The van der Waals surface area contributed by atoms with Crippen molar-refractivity contribution in [3.05, 3.63) is 79.9 Å². The normalized spacial score (nSPS) is 10.1. The van der Waals surface area contributed by atoms with Gasteiger partial charge in [0, 0.05) is 55.5 Å². The van der Waals surface area contributed by atoms with Crippen molar-refractivity contribution in [1.29, 1.82) is 0 Å². The molecule has 2 rings (SSSR count). The monoisotopic (exact) mass is 372 g/mol. The van der Waals surface area contributed by atoms with Gasteiger partial charge in [0.25, 0.3) is 23.2 Å². The van der Waals surface area contributed by atoms with Crippen LogP contribution in [0.1, 0.15) is 20.7 Å². The van der Waals surface area contributed by atoms with Crippen molar-refractivity contribution in [3.63, 3.8) is 0 Å². The Balaban J connectivity index is 1.86. The molecule has 1 N–H and O–H groups in total. The smallest absolute Gasteiger partial charge is 0.269 e. The number of likely N-dealkylation sites (N-methyl/N-ethyl adjacent to an activating group) is 1. The van der Waals surface area contributed by atoms with Crippen LogP contribution < -0.4 is 5.32 Å². The van der Waals surface area contributed by atoms with E-state index in [0.717, 1.165) is 0 Å². The topological polar surface area (TPSA) is 136 Å². The zero-order chi connectivity index (χ0) is 20.0. The Labute approximate surface area is 153 Å². The highest BCUT2D eigenvalue weighted by molar-refractivity contribution is 5.95. The third-order valence-electron chi connectivity index (χ3n) is 3.74. The molecule has 2 amide bonds. The number of benzene rings is 2. The fourth-order valence-electron chi connectivity index (χ4n) is 2.22. The maximum Gasteiger partial charge on any atom is 0.269 e. The van der Waals surface area contributed by atoms with E-state index in [1.54, 1.807) is 7.05 Å². The zero-order valence-corrected chi connectivity index (χ0v) is 14.3. The molecule has 0 saturated carbocycles. The van der Waals surface area contributed by atoms with E-state index in [9.17, 15) is 29.8 Å². The second kappa shape index (κ2) is 8.52. The molecule has 0 aliphatic rings. The summed E-state index contributed by atoms with van der Waals surface area (Å²) in [5, 5.41) is 23.8. The maximum absolute atomic E-state index is 12.3. The summed E-state index contributed by atoms with van der Waals surface area (Å²) >= 11 is 0. The van der Waals surface area contributed by atoms with Crippen molar-refractivity contribution in [2.45, 2.75) is 0 Å². The molecule has 0 fully saturated rings. The van der Waals surface area contributed by atoms with E-state index in [-0.39, 0.29) is 35.9 Å². The average molecular weight is 372 g/mol. The molecule has 0 atom stereocenters. The summed E-state index contributed by atoms with van der Waals surface area (Å²) in [5.41, 5.74) is 0.347. The van der Waals surface area contributed by atoms with Gasteiger partial charge in [0.15, 0.2) is 0 Å². The molecular weight excluding hydrogens is 356 g/mol. The minimum absolute atomic E-state index is 0.107. The summed E-state index contributed by atoms with van der Waals surface area (Å²) in [4.78, 5) is 45.7. The van der Waals surface area contributed by atoms with Crippen LogP contribution in [0.15, 0.2) is 48.5 Å². The Morgan fingerprint density at radius 3 is 1.78 bits per heavy atom. The predicted octanol–water partition coefficient (Wildman–Crippen LogP) is 2.00. The van der Waals surface area contributed by atoms with E-state index in [1.807, 2.05) is 0 Å². The number of amides is 2.